The van der Waals surface area contributed by atoms with Crippen LogP contribution in [0.15, 0.2) is 24.4 Å². The summed E-state index contributed by atoms with van der Waals surface area (Å²) in [6.07, 6.45) is 1.87. The Labute approximate surface area is 109 Å². The standard InChI is InChI=1S/C15H21N3/c1-10-7-6-8-14(11(10)2)18-12(3)13(9-17-18)15(4,5)16/h6-9H,16H2,1-5H3. The molecule has 1 heterocycles. The van der Waals surface area contributed by atoms with Crippen molar-refractivity contribution in [1.82, 2.24) is 9.78 Å². The number of aryl methyl sites for hydroxylation is 1. The van der Waals surface area contributed by atoms with Crippen molar-refractivity contribution in [3.63, 3.8) is 0 Å². The van der Waals surface area contributed by atoms with Crippen molar-refractivity contribution < 1.29 is 0 Å². The molecular formula is C15H21N3. The highest BCUT2D eigenvalue weighted by Crippen LogP contribution is 2.25. The van der Waals surface area contributed by atoms with Crippen molar-refractivity contribution in [3.05, 3.63) is 46.8 Å². The summed E-state index contributed by atoms with van der Waals surface area (Å²) in [4.78, 5) is 0. The third-order valence-electron chi connectivity index (χ3n) is 3.51. The molecule has 0 bridgehead atoms. The Morgan fingerprint density at radius 3 is 2.39 bits per heavy atom. The van der Waals surface area contributed by atoms with Gasteiger partial charge < -0.3 is 5.73 Å². The summed E-state index contributed by atoms with van der Waals surface area (Å²) in [6, 6.07) is 6.27. The van der Waals surface area contributed by atoms with Gasteiger partial charge in [-0.3, -0.25) is 0 Å². The molecule has 96 valence electrons. The van der Waals surface area contributed by atoms with E-state index in [0.717, 1.165) is 16.9 Å². The summed E-state index contributed by atoms with van der Waals surface area (Å²) in [7, 11) is 0. The highest BCUT2D eigenvalue weighted by atomic mass is 15.3. The summed E-state index contributed by atoms with van der Waals surface area (Å²) in [5, 5.41) is 4.49. The molecule has 0 aliphatic heterocycles. The van der Waals surface area contributed by atoms with Gasteiger partial charge >= 0.3 is 0 Å². The van der Waals surface area contributed by atoms with E-state index in [9.17, 15) is 0 Å². The van der Waals surface area contributed by atoms with E-state index in [-0.39, 0.29) is 5.54 Å². The third kappa shape index (κ3) is 2.06. The minimum Gasteiger partial charge on any atom is -0.322 e. The summed E-state index contributed by atoms with van der Waals surface area (Å²) in [5.74, 6) is 0. The number of aromatic nitrogens is 2. The number of nitrogens with zero attached hydrogens (tertiary/aromatic N) is 2. The van der Waals surface area contributed by atoms with E-state index in [1.165, 1.54) is 11.1 Å². The summed E-state index contributed by atoms with van der Waals surface area (Å²) >= 11 is 0. The molecule has 0 saturated carbocycles. The summed E-state index contributed by atoms with van der Waals surface area (Å²) < 4.78 is 1.98. The molecule has 0 saturated heterocycles. The Kier molecular flexibility index (Phi) is 3.03. The van der Waals surface area contributed by atoms with Crippen molar-refractivity contribution in [1.29, 1.82) is 0 Å². The second-order valence-electron chi connectivity index (χ2n) is 5.50. The van der Waals surface area contributed by atoms with Gasteiger partial charge in [-0.05, 0) is 51.8 Å². The summed E-state index contributed by atoms with van der Waals surface area (Å²) in [5.41, 5.74) is 11.7. The van der Waals surface area contributed by atoms with E-state index >= 15 is 0 Å². The monoisotopic (exact) mass is 243 g/mol. The molecule has 0 aliphatic carbocycles. The van der Waals surface area contributed by atoms with Crippen molar-refractivity contribution >= 4 is 0 Å². The first kappa shape index (κ1) is 12.8. The maximum Gasteiger partial charge on any atom is 0.0680 e. The molecular weight excluding hydrogens is 222 g/mol. The van der Waals surface area contributed by atoms with Crippen molar-refractivity contribution in [2.45, 2.75) is 40.2 Å². The van der Waals surface area contributed by atoms with Crippen LogP contribution in [0.2, 0.25) is 0 Å². The third-order valence-corrected chi connectivity index (χ3v) is 3.51. The highest BCUT2D eigenvalue weighted by molar-refractivity contribution is 5.46. The van der Waals surface area contributed by atoms with Gasteiger partial charge in [0.2, 0.25) is 0 Å². The Morgan fingerprint density at radius 1 is 1.17 bits per heavy atom. The molecule has 3 nitrogen and oxygen atoms in total. The fraction of sp³-hybridized carbons (Fsp3) is 0.400. The lowest BCUT2D eigenvalue weighted by Gasteiger charge is -2.18. The topological polar surface area (TPSA) is 43.8 Å². The maximum absolute atomic E-state index is 6.16. The van der Waals surface area contributed by atoms with E-state index in [0.29, 0.717) is 0 Å². The maximum atomic E-state index is 6.16. The van der Waals surface area contributed by atoms with Gasteiger partial charge in [0.15, 0.2) is 0 Å². The van der Waals surface area contributed by atoms with Crippen LogP contribution in [-0.4, -0.2) is 9.78 Å². The van der Waals surface area contributed by atoms with Crippen LogP contribution in [0.4, 0.5) is 0 Å². The van der Waals surface area contributed by atoms with Gasteiger partial charge in [0, 0.05) is 16.8 Å². The number of rotatable bonds is 2. The zero-order valence-corrected chi connectivity index (χ0v) is 11.8. The lowest BCUT2D eigenvalue weighted by atomic mass is 9.96. The van der Waals surface area contributed by atoms with Gasteiger partial charge in [-0.2, -0.15) is 5.10 Å². The van der Waals surface area contributed by atoms with Gasteiger partial charge in [-0.1, -0.05) is 12.1 Å². The number of benzene rings is 1. The molecule has 2 aromatic rings. The van der Waals surface area contributed by atoms with Gasteiger partial charge in [-0.15, -0.1) is 0 Å². The lowest BCUT2D eigenvalue weighted by Crippen LogP contribution is -2.29. The van der Waals surface area contributed by atoms with Crippen LogP contribution in [0.3, 0.4) is 0 Å². The SMILES string of the molecule is Cc1cccc(-n2ncc(C(C)(C)N)c2C)c1C. The Hall–Kier alpha value is -1.61. The van der Waals surface area contributed by atoms with Crippen LogP contribution in [-0.2, 0) is 5.54 Å². The van der Waals surface area contributed by atoms with Gasteiger partial charge in [0.1, 0.15) is 0 Å². The average Bonchev–Trinajstić information content (AvgIpc) is 2.64. The molecule has 0 aliphatic rings. The van der Waals surface area contributed by atoms with Crippen LogP contribution in [0, 0.1) is 20.8 Å². The highest BCUT2D eigenvalue weighted by Gasteiger charge is 2.21. The summed E-state index contributed by atoms with van der Waals surface area (Å²) in [6.45, 7) is 10.3. The minimum atomic E-state index is -0.361. The molecule has 2 rings (SSSR count). The quantitative estimate of drug-likeness (QED) is 0.881. The zero-order chi connectivity index (χ0) is 13.5. The largest absolute Gasteiger partial charge is 0.322 e. The molecule has 3 heteroatoms. The molecule has 0 spiro atoms. The fourth-order valence-corrected chi connectivity index (χ4v) is 2.25. The lowest BCUT2D eigenvalue weighted by molar-refractivity contribution is 0.550. The van der Waals surface area contributed by atoms with Crippen LogP contribution < -0.4 is 5.73 Å². The molecule has 2 N–H and O–H groups in total. The van der Waals surface area contributed by atoms with Gasteiger partial charge in [-0.25, -0.2) is 4.68 Å². The molecule has 18 heavy (non-hydrogen) atoms. The molecule has 1 aromatic heterocycles. The van der Waals surface area contributed by atoms with E-state index in [1.54, 1.807) is 0 Å². The van der Waals surface area contributed by atoms with Crippen LogP contribution in [0.5, 0.6) is 0 Å². The number of nitrogens with two attached hydrogens (primary N) is 1. The molecule has 0 unspecified atom stereocenters. The molecule has 1 aromatic carbocycles. The van der Waals surface area contributed by atoms with Crippen LogP contribution in [0.25, 0.3) is 5.69 Å². The first-order chi connectivity index (χ1) is 8.32. The zero-order valence-electron chi connectivity index (χ0n) is 11.8. The predicted octanol–water partition coefficient (Wildman–Crippen LogP) is 2.99. The first-order valence-electron chi connectivity index (χ1n) is 6.23. The Balaban J connectivity index is 2.60. The van der Waals surface area contributed by atoms with E-state index in [4.69, 9.17) is 5.73 Å². The van der Waals surface area contributed by atoms with Crippen molar-refractivity contribution in [3.8, 4) is 5.69 Å². The smallest absolute Gasteiger partial charge is 0.0680 e. The minimum absolute atomic E-state index is 0.361. The molecule has 0 fully saturated rings. The van der Waals surface area contributed by atoms with Crippen LogP contribution >= 0.6 is 0 Å². The van der Waals surface area contributed by atoms with Crippen LogP contribution in [0.1, 0.15) is 36.2 Å². The molecule has 0 radical (unpaired) electrons. The number of hydrogen-bond acceptors (Lipinski definition) is 2. The number of hydrogen-bond donors (Lipinski definition) is 1. The normalized spacial score (nSPS) is 11.9. The van der Waals surface area contributed by atoms with Crippen molar-refractivity contribution in [2.24, 2.45) is 5.73 Å². The second-order valence-corrected chi connectivity index (χ2v) is 5.50. The fourth-order valence-electron chi connectivity index (χ4n) is 2.25. The van der Waals surface area contributed by atoms with Gasteiger partial charge in [0.05, 0.1) is 11.9 Å². The Morgan fingerprint density at radius 2 is 1.83 bits per heavy atom. The Bertz CT molecular complexity index is 574. The second kappa shape index (κ2) is 4.25. The van der Waals surface area contributed by atoms with E-state index < -0.39 is 0 Å². The molecule has 0 atom stereocenters. The first-order valence-corrected chi connectivity index (χ1v) is 6.23. The van der Waals surface area contributed by atoms with E-state index in [2.05, 4.69) is 44.1 Å². The average molecular weight is 243 g/mol. The van der Waals surface area contributed by atoms with Crippen molar-refractivity contribution in [2.75, 3.05) is 0 Å². The predicted molar refractivity (Wildman–Crippen MR) is 75.0 cm³/mol. The van der Waals surface area contributed by atoms with Gasteiger partial charge in [0.25, 0.3) is 0 Å². The van der Waals surface area contributed by atoms with E-state index in [1.807, 2.05) is 24.7 Å². The molecule has 0 amide bonds.